The molecule has 0 N–H and O–H groups in total. The molecule has 0 bridgehead atoms. The fourth-order valence-electron chi connectivity index (χ4n) is 1.83. The van der Waals surface area contributed by atoms with Crippen LogP contribution in [0.4, 0.5) is 5.13 Å². The fraction of sp³-hybridized carbons (Fsp3) is 0.800. The van der Waals surface area contributed by atoms with Gasteiger partial charge in [-0.1, -0.05) is 0 Å². The van der Waals surface area contributed by atoms with Gasteiger partial charge in [0, 0.05) is 28.4 Å². The molecule has 1 aromatic rings. The summed E-state index contributed by atoms with van der Waals surface area (Å²) in [6, 6.07) is 0. The summed E-state index contributed by atoms with van der Waals surface area (Å²) in [4.78, 5) is 8.04. The van der Waals surface area contributed by atoms with Crippen LogP contribution in [0.15, 0.2) is 0 Å². The van der Waals surface area contributed by atoms with Crippen molar-refractivity contribution in [2.24, 2.45) is 0 Å². The average molecular weight is 260 g/mol. The molecule has 1 fully saturated rings. The maximum atomic E-state index is 5.72. The van der Waals surface area contributed by atoms with Crippen molar-refractivity contribution in [2.45, 2.75) is 26.1 Å². The third-order valence-electron chi connectivity index (χ3n) is 2.45. The monoisotopic (exact) mass is 260 g/mol. The average Bonchev–Trinajstić information content (AvgIpc) is 2.64. The molecule has 0 aromatic carbocycles. The molecule has 2 atom stereocenters. The minimum absolute atomic E-state index is 0.292. The summed E-state index contributed by atoms with van der Waals surface area (Å²) in [6.07, 6.45) is 0.584. The van der Waals surface area contributed by atoms with Gasteiger partial charge in [0.15, 0.2) is 0 Å². The first kappa shape index (κ1) is 12.0. The molecule has 6 heteroatoms. The minimum Gasteiger partial charge on any atom is -0.372 e. The molecule has 4 nitrogen and oxygen atoms in total. The van der Waals surface area contributed by atoms with Crippen LogP contribution in [0.5, 0.6) is 0 Å². The first-order valence-corrected chi connectivity index (χ1v) is 7.59. The third kappa shape index (κ3) is 2.61. The number of hydrogen-bond donors (Lipinski definition) is 0. The summed E-state index contributed by atoms with van der Waals surface area (Å²) in [7, 11) is 7.53. The molecule has 2 rings (SSSR count). The quantitative estimate of drug-likeness (QED) is 0.553. The highest BCUT2D eigenvalue weighted by molar-refractivity contribution is 7.69. The number of aromatic nitrogens is 1. The number of anilines is 1. The van der Waals surface area contributed by atoms with E-state index in [1.807, 2.05) is 14.1 Å². The van der Waals surface area contributed by atoms with Gasteiger partial charge >= 0.3 is 9.93 Å². The second-order valence-electron chi connectivity index (χ2n) is 4.40. The summed E-state index contributed by atoms with van der Waals surface area (Å²) in [6.45, 7) is 6.12. The van der Waals surface area contributed by atoms with Crippen LogP contribution in [0.3, 0.4) is 0 Å². The first-order valence-electron chi connectivity index (χ1n) is 5.44. The zero-order valence-corrected chi connectivity index (χ0v) is 11.8. The number of nitrogens with zero attached hydrogens (tertiary/aromatic N) is 3. The van der Waals surface area contributed by atoms with E-state index in [2.05, 4.69) is 28.3 Å². The minimum atomic E-state index is 0.292. The normalized spacial score (nSPS) is 25.9. The maximum absolute atomic E-state index is 5.72. The zero-order valence-electron chi connectivity index (χ0n) is 10.1. The molecule has 90 valence electrons. The lowest BCUT2D eigenvalue weighted by atomic mass is 10.2. The molecular weight excluding hydrogens is 242 g/mol. The molecule has 1 aliphatic rings. The lowest BCUT2D eigenvalue weighted by Gasteiger charge is -2.33. The number of morpholine rings is 1. The fourth-order valence-corrected chi connectivity index (χ4v) is 4.12. The topological polar surface area (TPSA) is 28.4 Å². The number of rotatable bonds is 1. The Labute approximate surface area is 103 Å². The van der Waals surface area contributed by atoms with Gasteiger partial charge in [-0.2, -0.15) is 0 Å². The Balaban J connectivity index is 2.20. The van der Waals surface area contributed by atoms with Gasteiger partial charge in [0.05, 0.1) is 26.3 Å². The van der Waals surface area contributed by atoms with Crippen molar-refractivity contribution < 1.29 is 4.74 Å². The van der Waals surface area contributed by atoms with Gasteiger partial charge in [0.1, 0.15) is 0 Å². The molecule has 1 saturated heterocycles. The predicted molar refractivity (Wildman–Crippen MR) is 69.3 cm³/mol. The predicted octanol–water partition coefficient (Wildman–Crippen LogP) is 0.850. The van der Waals surface area contributed by atoms with Gasteiger partial charge in [0.25, 0.3) is 0 Å². The second kappa shape index (κ2) is 4.81. The van der Waals surface area contributed by atoms with Crippen LogP contribution < -0.4 is 14.3 Å². The molecule has 16 heavy (non-hydrogen) atoms. The maximum Gasteiger partial charge on any atom is 0.390 e. The van der Waals surface area contributed by atoms with Gasteiger partial charge < -0.3 is 9.64 Å². The molecule has 0 saturated carbocycles. The molecule has 0 spiro atoms. The zero-order chi connectivity index (χ0) is 11.7. The van der Waals surface area contributed by atoms with Crippen LogP contribution in [-0.4, -0.2) is 44.4 Å². The lowest BCUT2D eigenvalue weighted by Crippen LogP contribution is -2.45. The van der Waals surface area contributed by atoms with E-state index in [9.17, 15) is 0 Å². The Hall–Kier alpha value is -0.460. The van der Waals surface area contributed by atoms with E-state index in [-0.39, 0.29) is 0 Å². The van der Waals surface area contributed by atoms with Gasteiger partial charge in [-0.3, -0.25) is 4.58 Å². The molecular formula is C10H18N3OS2+. The third-order valence-corrected chi connectivity index (χ3v) is 4.79. The van der Waals surface area contributed by atoms with E-state index in [0.29, 0.717) is 12.2 Å². The Morgan fingerprint density at radius 2 is 1.88 bits per heavy atom. The smallest absolute Gasteiger partial charge is 0.372 e. The summed E-state index contributed by atoms with van der Waals surface area (Å²) >= 11 is 0. The molecule has 1 aliphatic heterocycles. The summed E-state index contributed by atoms with van der Waals surface area (Å²) in [5.41, 5.74) is 0. The van der Waals surface area contributed by atoms with Crippen LogP contribution in [0.25, 0.3) is 0 Å². The van der Waals surface area contributed by atoms with Gasteiger partial charge in [0.2, 0.25) is 0 Å². The standard InChI is InChI=1S/C10H18N3OS2/c1-7-5-13(6-8(2)14-7)10-11-9(12(3)4)15-16-10/h7-8H,5-6H2,1-4H3/q+1. The van der Waals surface area contributed by atoms with Crippen LogP contribution >= 0.6 is 20.7 Å². The highest BCUT2D eigenvalue weighted by Gasteiger charge is 2.26. The van der Waals surface area contributed by atoms with Crippen LogP contribution in [-0.2, 0) is 4.74 Å². The largest absolute Gasteiger partial charge is 0.390 e. The van der Waals surface area contributed by atoms with E-state index in [1.165, 1.54) is 0 Å². The molecule has 2 unspecified atom stereocenters. The Kier molecular flexibility index (Phi) is 3.61. The molecule has 0 amide bonds. The van der Waals surface area contributed by atoms with Gasteiger partial charge in [-0.05, 0) is 24.2 Å². The van der Waals surface area contributed by atoms with Gasteiger partial charge in [-0.15, -0.1) is 0 Å². The van der Waals surface area contributed by atoms with Crippen molar-refractivity contribution in [3.05, 3.63) is 4.80 Å². The number of ether oxygens (including phenoxy) is 1. The molecule has 0 aliphatic carbocycles. The van der Waals surface area contributed by atoms with Crippen molar-refractivity contribution in [2.75, 3.05) is 32.1 Å². The molecule has 0 radical (unpaired) electrons. The highest BCUT2D eigenvalue weighted by atomic mass is 32.9. The van der Waals surface area contributed by atoms with Crippen LogP contribution in [0.1, 0.15) is 13.8 Å². The van der Waals surface area contributed by atoms with Gasteiger partial charge in [-0.25, -0.2) is 0 Å². The van der Waals surface area contributed by atoms with E-state index >= 15 is 0 Å². The second-order valence-corrected chi connectivity index (χ2v) is 6.46. The van der Waals surface area contributed by atoms with Crippen molar-refractivity contribution >= 4 is 25.8 Å². The summed E-state index contributed by atoms with van der Waals surface area (Å²) < 4.78 is 7.77. The van der Waals surface area contributed by atoms with Crippen LogP contribution in [0.2, 0.25) is 0 Å². The van der Waals surface area contributed by atoms with E-state index in [1.54, 1.807) is 20.7 Å². The SMILES string of the molecule is CC1CN(c2nc(=[N+](C)C)ss2)CC(C)O1. The lowest BCUT2D eigenvalue weighted by molar-refractivity contribution is -0.00523. The van der Waals surface area contributed by atoms with Crippen molar-refractivity contribution in [1.82, 2.24) is 9.56 Å². The molecule has 1 aromatic heterocycles. The Morgan fingerprint density at radius 1 is 1.25 bits per heavy atom. The molecule has 2 heterocycles. The summed E-state index contributed by atoms with van der Waals surface area (Å²) in [5.74, 6) is 0. The Bertz CT molecular complexity index is 412. The van der Waals surface area contributed by atoms with Crippen molar-refractivity contribution in [3.63, 3.8) is 0 Å². The Morgan fingerprint density at radius 3 is 2.38 bits per heavy atom. The highest BCUT2D eigenvalue weighted by Crippen LogP contribution is 2.22. The van der Waals surface area contributed by atoms with E-state index in [0.717, 1.165) is 23.0 Å². The number of hydrogen-bond acceptors (Lipinski definition) is 5. The van der Waals surface area contributed by atoms with Crippen molar-refractivity contribution in [3.8, 4) is 0 Å². The van der Waals surface area contributed by atoms with E-state index in [4.69, 9.17) is 4.74 Å². The van der Waals surface area contributed by atoms with Crippen molar-refractivity contribution in [1.29, 1.82) is 0 Å². The van der Waals surface area contributed by atoms with Crippen LogP contribution in [0, 0.1) is 0 Å². The first-order chi connectivity index (χ1) is 7.56. The summed E-state index contributed by atoms with van der Waals surface area (Å²) in [5, 5.41) is 1.12. The van der Waals surface area contributed by atoms with E-state index < -0.39 is 0 Å².